The quantitative estimate of drug-likeness (QED) is 0.866. The van der Waals surface area contributed by atoms with Gasteiger partial charge in [0.1, 0.15) is 5.75 Å². The fraction of sp³-hybridized carbons (Fsp3) is 0.647. The van der Waals surface area contributed by atoms with Gasteiger partial charge in [0, 0.05) is 18.6 Å². The van der Waals surface area contributed by atoms with Crippen molar-refractivity contribution < 1.29 is 4.74 Å². The van der Waals surface area contributed by atoms with E-state index in [1.54, 1.807) is 7.11 Å². The Balaban J connectivity index is 1.94. The predicted molar refractivity (Wildman–Crippen MR) is 84.0 cm³/mol. The van der Waals surface area contributed by atoms with Crippen molar-refractivity contribution in [3.8, 4) is 5.75 Å². The average Bonchev–Trinajstić information content (AvgIpc) is 2.53. The van der Waals surface area contributed by atoms with Crippen molar-refractivity contribution >= 4 is 0 Å². The number of ether oxygens (including phenoxy) is 1. The lowest BCUT2D eigenvalue weighted by atomic mass is 9.93. The van der Waals surface area contributed by atoms with Gasteiger partial charge in [-0.2, -0.15) is 0 Å². The number of nitrogens with two attached hydrogens (primary N) is 1. The van der Waals surface area contributed by atoms with E-state index in [1.807, 2.05) is 12.1 Å². The number of hydrogen-bond donors (Lipinski definition) is 1. The molecule has 0 amide bonds. The molecule has 1 aromatic carbocycles. The molecule has 20 heavy (non-hydrogen) atoms. The zero-order valence-corrected chi connectivity index (χ0v) is 12.8. The molecule has 112 valence electrons. The maximum absolute atomic E-state index is 6.39. The fourth-order valence-corrected chi connectivity index (χ4v) is 3.19. The molecular formula is C17H28N2O. The molecule has 0 radical (unpaired) electrons. The molecule has 1 fully saturated rings. The van der Waals surface area contributed by atoms with Crippen LogP contribution in [0.25, 0.3) is 0 Å². The van der Waals surface area contributed by atoms with E-state index in [2.05, 4.69) is 24.0 Å². The summed E-state index contributed by atoms with van der Waals surface area (Å²) in [6.07, 6.45) is 6.82. The van der Waals surface area contributed by atoms with Crippen molar-refractivity contribution in [2.45, 2.75) is 51.1 Å². The number of methoxy groups -OCH3 is 1. The first-order valence-electron chi connectivity index (χ1n) is 7.88. The molecule has 0 saturated heterocycles. The van der Waals surface area contributed by atoms with Crippen molar-refractivity contribution in [3.63, 3.8) is 0 Å². The maximum Gasteiger partial charge on any atom is 0.118 e. The van der Waals surface area contributed by atoms with E-state index in [9.17, 15) is 0 Å². The normalized spacial score (nSPS) is 18.2. The third-order valence-electron chi connectivity index (χ3n) is 4.47. The first-order valence-corrected chi connectivity index (χ1v) is 7.88. The van der Waals surface area contributed by atoms with Gasteiger partial charge in [0.25, 0.3) is 0 Å². The molecule has 0 spiro atoms. The average molecular weight is 276 g/mol. The van der Waals surface area contributed by atoms with Gasteiger partial charge in [-0.05, 0) is 37.1 Å². The van der Waals surface area contributed by atoms with Crippen molar-refractivity contribution in [1.29, 1.82) is 0 Å². The summed E-state index contributed by atoms with van der Waals surface area (Å²) in [4.78, 5) is 2.56. The molecule has 0 aliphatic heterocycles. The van der Waals surface area contributed by atoms with Gasteiger partial charge >= 0.3 is 0 Å². The Morgan fingerprint density at radius 3 is 2.40 bits per heavy atom. The largest absolute Gasteiger partial charge is 0.497 e. The lowest BCUT2D eigenvalue weighted by molar-refractivity contribution is 0.155. The molecular weight excluding hydrogens is 248 g/mol. The van der Waals surface area contributed by atoms with E-state index in [4.69, 9.17) is 10.5 Å². The molecule has 3 heteroatoms. The van der Waals surface area contributed by atoms with Crippen LogP contribution in [0, 0.1) is 0 Å². The van der Waals surface area contributed by atoms with Crippen molar-refractivity contribution in [1.82, 2.24) is 4.90 Å². The Labute approximate surface area is 123 Å². The Hall–Kier alpha value is -1.06. The highest BCUT2D eigenvalue weighted by Gasteiger charge is 2.21. The highest BCUT2D eigenvalue weighted by Crippen LogP contribution is 2.24. The summed E-state index contributed by atoms with van der Waals surface area (Å²) >= 11 is 0. The molecule has 1 unspecified atom stereocenters. The van der Waals surface area contributed by atoms with Gasteiger partial charge in [-0.3, -0.25) is 4.90 Å². The van der Waals surface area contributed by atoms with Gasteiger partial charge in [-0.15, -0.1) is 0 Å². The third-order valence-corrected chi connectivity index (χ3v) is 4.47. The smallest absolute Gasteiger partial charge is 0.118 e. The minimum absolute atomic E-state index is 0.0859. The van der Waals surface area contributed by atoms with E-state index < -0.39 is 0 Å². The van der Waals surface area contributed by atoms with Crippen LogP contribution in [0.2, 0.25) is 0 Å². The van der Waals surface area contributed by atoms with Crippen LogP contribution < -0.4 is 10.5 Å². The zero-order chi connectivity index (χ0) is 14.4. The number of nitrogens with zero attached hydrogens (tertiary/aromatic N) is 1. The maximum atomic E-state index is 6.39. The van der Waals surface area contributed by atoms with E-state index in [-0.39, 0.29) is 6.04 Å². The molecule has 0 aromatic heterocycles. The minimum Gasteiger partial charge on any atom is -0.497 e. The van der Waals surface area contributed by atoms with Crippen LogP contribution in [0.5, 0.6) is 5.75 Å². The predicted octanol–water partition coefficient (Wildman–Crippen LogP) is 3.35. The van der Waals surface area contributed by atoms with Crippen LogP contribution in [0.3, 0.4) is 0 Å². The van der Waals surface area contributed by atoms with Crippen LogP contribution in [0.1, 0.15) is 50.6 Å². The first-order chi connectivity index (χ1) is 9.74. The number of benzene rings is 1. The van der Waals surface area contributed by atoms with Crippen LogP contribution in [0.15, 0.2) is 24.3 Å². The second-order valence-electron chi connectivity index (χ2n) is 5.76. The van der Waals surface area contributed by atoms with E-state index >= 15 is 0 Å². The van der Waals surface area contributed by atoms with Gasteiger partial charge in [0.15, 0.2) is 0 Å². The van der Waals surface area contributed by atoms with Crippen LogP contribution in [-0.4, -0.2) is 31.1 Å². The Morgan fingerprint density at radius 1 is 1.20 bits per heavy atom. The lowest BCUT2D eigenvalue weighted by Crippen LogP contribution is -2.41. The van der Waals surface area contributed by atoms with Crippen LogP contribution in [0.4, 0.5) is 0 Å². The molecule has 2 rings (SSSR count). The summed E-state index contributed by atoms with van der Waals surface area (Å²) in [6.45, 7) is 4.29. The fourth-order valence-electron chi connectivity index (χ4n) is 3.19. The zero-order valence-electron chi connectivity index (χ0n) is 12.8. The summed E-state index contributed by atoms with van der Waals surface area (Å²) in [6, 6.07) is 8.97. The summed E-state index contributed by atoms with van der Waals surface area (Å²) in [5.41, 5.74) is 7.58. The molecule has 1 aliphatic carbocycles. The van der Waals surface area contributed by atoms with Gasteiger partial charge in [-0.1, -0.05) is 38.3 Å². The summed E-state index contributed by atoms with van der Waals surface area (Å²) in [5.74, 6) is 0.889. The molecule has 1 aromatic rings. The Bertz CT molecular complexity index is 384. The highest BCUT2D eigenvalue weighted by molar-refractivity contribution is 5.29. The monoisotopic (exact) mass is 276 g/mol. The summed E-state index contributed by atoms with van der Waals surface area (Å²) in [7, 11) is 1.69. The number of hydrogen-bond acceptors (Lipinski definition) is 3. The molecule has 1 atom stereocenters. The second kappa shape index (κ2) is 7.65. The first kappa shape index (κ1) is 15.3. The van der Waals surface area contributed by atoms with Crippen molar-refractivity contribution in [2.75, 3.05) is 20.2 Å². The summed E-state index contributed by atoms with van der Waals surface area (Å²) in [5, 5.41) is 0. The molecule has 3 nitrogen and oxygen atoms in total. The number of rotatable bonds is 6. The third kappa shape index (κ3) is 3.97. The second-order valence-corrected chi connectivity index (χ2v) is 5.76. The van der Waals surface area contributed by atoms with Crippen molar-refractivity contribution in [3.05, 3.63) is 29.8 Å². The van der Waals surface area contributed by atoms with E-state index in [0.29, 0.717) is 0 Å². The van der Waals surface area contributed by atoms with E-state index in [1.165, 1.54) is 37.7 Å². The minimum atomic E-state index is 0.0859. The summed E-state index contributed by atoms with van der Waals surface area (Å²) < 4.78 is 5.20. The van der Waals surface area contributed by atoms with Gasteiger partial charge in [0.2, 0.25) is 0 Å². The molecule has 2 N–H and O–H groups in total. The Kier molecular flexibility index (Phi) is 5.86. The topological polar surface area (TPSA) is 38.5 Å². The highest BCUT2D eigenvalue weighted by atomic mass is 16.5. The van der Waals surface area contributed by atoms with E-state index in [0.717, 1.165) is 24.9 Å². The van der Waals surface area contributed by atoms with Crippen molar-refractivity contribution in [2.24, 2.45) is 5.73 Å². The molecule has 1 aliphatic rings. The van der Waals surface area contributed by atoms with Crippen LogP contribution >= 0.6 is 0 Å². The molecule has 0 heterocycles. The van der Waals surface area contributed by atoms with Crippen LogP contribution in [-0.2, 0) is 0 Å². The van der Waals surface area contributed by atoms with Gasteiger partial charge in [0.05, 0.1) is 7.11 Å². The number of likely N-dealkylation sites (N-methyl/N-ethyl adjacent to an activating group) is 1. The van der Waals surface area contributed by atoms with Gasteiger partial charge < -0.3 is 10.5 Å². The lowest BCUT2D eigenvalue weighted by Gasteiger charge is -2.35. The SMILES string of the molecule is CCN(CC(N)c1ccc(OC)cc1)C1CCCCC1. The standard InChI is InChI=1S/C17H28N2O/c1-3-19(15-7-5-4-6-8-15)13-17(18)14-9-11-16(20-2)12-10-14/h9-12,15,17H,3-8,13,18H2,1-2H3. The molecule has 1 saturated carbocycles. The van der Waals surface area contributed by atoms with Gasteiger partial charge in [-0.25, -0.2) is 0 Å². The molecule has 0 bridgehead atoms. The Morgan fingerprint density at radius 2 is 1.85 bits per heavy atom.